The van der Waals surface area contributed by atoms with Crippen molar-refractivity contribution in [3.8, 4) is 0 Å². The summed E-state index contributed by atoms with van der Waals surface area (Å²) in [6.45, 7) is 0.395. The highest BCUT2D eigenvalue weighted by molar-refractivity contribution is 5.69. The van der Waals surface area contributed by atoms with Gasteiger partial charge in [0.05, 0.1) is 5.69 Å². The van der Waals surface area contributed by atoms with E-state index in [1.165, 1.54) is 0 Å². The molecule has 1 aliphatic heterocycles. The van der Waals surface area contributed by atoms with Crippen LogP contribution in [0, 0.1) is 0 Å². The van der Waals surface area contributed by atoms with Crippen LogP contribution in [0.1, 0.15) is 11.7 Å². The van der Waals surface area contributed by atoms with Gasteiger partial charge in [-0.3, -0.25) is 9.88 Å². The lowest BCUT2D eigenvalue weighted by Crippen LogP contribution is -2.22. The zero-order chi connectivity index (χ0) is 9.26. The highest BCUT2D eigenvalue weighted by Crippen LogP contribution is 2.23. The number of carbonyl (C=O) groups is 1. The quantitative estimate of drug-likeness (QED) is 0.649. The van der Waals surface area contributed by atoms with Crippen molar-refractivity contribution < 1.29 is 9.53 Å². The largest absolute Gasteiger partial charge is 0.447 e. The Morgan fingerprint density at radius 2 is 2.46 bits per heavy atom. The summed E-state index contributed by atoms with van der Waals surface area (Å²) in [5.41, 5.74) is 0.871. The predicted octanol–water partition coefficient (Wildman–Crippen LogP) is 1.20. The topological polar surface area (TPSA) is 42.4 Å². The van der Waals surface area contributed by atoms with Gasteiger partial charge in [0.1, 0.15) is 12.6 Å². The number of carbonyl (C=O) groups excluding carboxylic acids is 1. The Morgan fingerprint density at radius 3 is 3.00 bits per heavy atom. The molecule has 0 N–H and O–H groups in total. The van der Waals surface area contributed by atoms with E-state index in [-0.39, 0.29) is 12.1 Å². The van der Waals surface area contributed by atoms with Gasteiger partial charge in [0.15, 0.2) is 0 Å². The molecule has 13 heavy (non-hydrogen) atoms. The molecule has 2 rings (SSSR count). The van der Waals surface area contributed by atoms with Crippen LogP contribution in [-0.4, -0.2) is 29.6 Å². The molecule has 0 radical (unpaired) electrons. The number of ether oxygens (including phenoxy) is 1. The molecule has 1 aromatic heterocycles. The number of nitrogens with zero attached hydrogens (tertiary/aromatic N) is 2. The van der Waals surface area contributed by atoms with Crippen molar-refractivity contribution in [1.82, 2.24) is 9.88 Å². The van der Waals surface area contributed by atoms with Gasteiger partial charge in [-0.05, 0) is 12.1 Å². The summed E-state index contributed by atoms with van der Waals surface area (Å²) in [7, 11) is 1.72. The van der Waals surface area contributed by atoms with Gasteiger partial charge < -0.3 is 4.74 Å². The normalized spacial score (nSPS) is 21.8. The van der Waals surface area contributed by atoms with Crippen LogP contribution < -0.4 is 0 Å². The van der Waals surface area contributed by atoms with Crippen molar-refractivity contribution in [2.75, 3.05) is 13.7 Å². The number of aromatic nitrogens is 1. The fourth-order valence-electron chi connectivity index (χ4n) is 1.35. The number of cyclic esters (lactones) is 1. The lowest BCUT2D eigenvalue weighted by Gasteiger charge is -2.14. The second-order valence-electron chi connectivity index (χ2n) is 2.96. The van der Waals surface area contributed by atoms with Crippen molar-refractivity contribution >= 4 is 6.09 Å². The van der Waals surface area contributed by atoms with Gasteiger partial charge in [-0.15, -0.1) is 0 Å². The Labute approximate surface area is 76.1 Å². The summed E-state index contributed by atoms with van der Waals surface area (Å²) in [4.78, 5) is 16.8. The molecule has 0 aliphatic carbocycles. The van der Waals surface area contributed by atoms with Gasteiger partial charge in [-0.2, -0.15) is 0 Å². The van der Waals surface area contributed by atoms with Crippen molar-refractivity contribution in [2.45, 2.75) is 6.04 Å². The molecule has 2 heterocycles. The number of hydrogen-bond donors (Lipinski definition) is 0. The summed E-state index contributed by atoms with van der Waals surface area (Å²) >= 11 is 0. The number of pyridine rings is 1. The molecule has 0 bridgehead atoms. The minimum atomic E-state index is -0.282. The maximum Gasteiger partial charge on any atom is 0.410 e. The third-order valence-corrected chi connectivity index (χ3v) is 2.15. The molecule has 0 saturated carbocycles. The highest BCUT2D eigenvalue weighted by Gasteiger charge is 2.31. The molecule has 1 atom stereocenters. The first kappa shape index (κ1) is 8.04. The second-order valence-corrected chi connectivity index (χ2v) is 2.96. The summed E-state index contributed by atoms with van der Waals surface area (Å²) < 4.78 is 4.88. The van der Waals surface area contributed by atoms with Gasteiger partial charge in [0, 0.05) is 13.2 Å². The van der Waals surface area contributed by atoms with E-state index >= 15 is 0 Å². The first-order valence-corrected chi connectivity index (χ1v) is 4.09. The smallest absolute Gasteiger partial charge is 0.410 e. The molecule has 1 fully saturated rings. The SMILES string of the molecule is CN1C(=O)OCC1c1ccccn1. The van der Waals surface area contributed by atoms with Crippen molar-refractivity contribution in [1.29, 1.82) is 0 Å². The summed E-state index contributed by atoms with van der Waals surface area (Å²) in [6.07, 6.45) is 1.43. The van der Waals surface area contributed by atoms with Gasteiger partial charge >= 0.3 is 6.09 Å². The monoisotopic (exact) mass is 178 g/mol. The third-order valence-electron chi connectivity index (χ3n) is 2.15. The Hall–Kier alpha value is -1.58. The first-order valence-electron chi connectivity index (χ1n) is 4.09. The molecule has 1 saturated heterocycles. The zero-order valence-electron chi connectivity index (χ0n) is 7.30. The first-order chi connectivity index (χ1) is 6.29. The fraction of sp³-hybridized carbons (Fsp3) is 0.333. The molecule has 1 aromatic rings. The van der Waals surface area contributed by atoms with E-state index in [4.69, 9.17) is 4.74 Å². The Bertz CT molecular complexity index is 313. The van der Waals surface area contributed by atoms with Crippen molar-refractivity contribution in [3.05, 3.63) is 30.1 Å². The number of amides is 1. The fourth-order valence-corrected chi connectivity index (χ4v) is 1.35. The molecular weight excluding hydrogens is 168 g/mol. The van der Waals surface area contributed by atoms with E-state index in [9.17, 15) is 4.79 Å². The molecule has 4 nitrogen and oxygen atoms in total. The van der Waals surface area contributed by atoms with Crippen LogP contribution >= 0.6 is 0 Å². The molecule has 1 amide bonds. The van der Waals surface area contributed by atoms with E-state index < -0.39 is 0 Å². The van der Waals surface area contributed by atoms with E-state index in [0.29, 0.717) is 6.61 Å². The lowest BCUT2D eigenvalue weighted by atomic mass is 10.2. The minimum absolute atomic E-state index is 0.0336. The van der Waals surface area contributed by atoms with Gasteiger partial charge in [-0.25, -0.2) is 4.79 Å². The number of likely N-dealkylation sites (N-methyl/N-ethyl adjacent to an activating group) is 1. The summed E-state index contributed by atoms with van der Waals surface area (Å²) in [6, 6.07) is 5.61. The number of hydrogen-bond acceptors (Lipinski definition) is 3. The molecule has 0 aromatic carbocycles. The molecule has 68 valence electrons. The Morgan fingerprint density at radius 1 is 1.62 bits per heavy atom. The minimum Gasteiger partial charge on any atom is -0.447 e. The Kier molecular flexibility index (Phi) is 1.88. The maximum atomic E-state index is 11.0. The van der Waals surface area contributed by atoms with E-state index in [0.717, 1.165) is 5.69 Å². The maximum absolute atomic E-state index is 11.0. The molecule has 4 heteroatoms. The van der Waals surface area contributed by atoms with Crippen LogP contribution in [0.3, 0.4) is 0 Å². The summed E-state index contributed by atoms with van der Waals surface area (Å²) in [5.74, 6) is 0. The van der Waals surface area contributed by atoms with E-state index in [1.54, 1.807) is 18.1 Å². The summed E-state index contributed by atoms with van der Waals surface area (Å²) in [5, 5.41) is 0. The van der Waals surface area contributed by atoms with Crippen LogP contribution in [0.25, 0.3) is 0 Å². The van der Waals surface area contributed by atoms with Crippen molar-refractivity contribution in [2.24, 2.45) is 0 Å². The Balaban J connectivity index is 2.24. The number of rotatable bonds is 1. The van der Waals surface area contributed by atoms with Crippen LogP contribution in [0.2, 0.25) is 0 Å². The van der Waals surface area contributed by atoms with Crippen LogP contribution in [0.5, 0.6) is 0 Å². The zero-order valence-corrected chi connectivity index (χ0v) is 7.30. The average Bonchev–Trinajstić information content (AvgIpc) is 2.49. The molecular formula is C9H10N2O2. The standard InChI is InChI=1S/C9H10N2O2/c1-11-8(6-13-9(11)12)7-4-2-3-5-10-7/h2-5,8H,6H2,1H3. The van der Waals surface area contributed by atoms with Crippen LogP contribution in [-0.2, 0) is 4.74 Å². The average molecular weight is 178 g/mol. The third kappa shape index (κ3) is 1.35. The van der Waals surface area contributed by atoms with Gasteiger partial charge in [0.2, 0.25) is 0 Å². The van der Waals surface area contributed by atoms with E-state index in [2.05, 4.69) is 4.98 Å². The molecule has 0 spiro atoms. The molecule has 1 aliphatic rings. The van der Waals surface area contributed by atoms with E-state index in [1.807, 2.05) is 18.2 Å². The van der Waals surface area contributed by atoms with Gasteiger partial charge in [-0.1, -0.05) is 6.07 Å². The lowest BCUT2D eigenvalue weighted by molar-refractivity contribution is 0.163. The van der Waals surface area contributed by atoms with Crippen LogP contribution in [0.15, 0.2) is 24.4 Å². The van der Waals surface area contributed by atoms with Crippen molar-refractivity contribution in [3.63, 3.8) is 0 Å². The molecule has 1 unspecified atom stereocenters. The predicted molar refractivity (Wildman–Crippen MR) is 46.1 cm³/mol. The second kappa shape index (κ2) is 3.05. The van der Waals surface area contributed by atoms with Crippen LogP contribution in [0.4, 0.5) is 4.79 Å². The van der Waals surface area contributed by atoms with Gasteiger partial charge in [0.25, 0.3) is 0 Å². The highest BCUT2D eigenvalue weighted by atomic mass is 16.6.